The van der Waals surface area contributed by atoms with Crippen molar-refractivity contribution in [2.75, 3.05) is 0 Å². The number of hydrogen-bond donors (Lipinski definition) is 5. The van der Waals surface area contributed by atoms with E-state index in [1.165, 1.54) is 12.1 Å². The minimum absolute atomic E-state index is 0.00186. The monoisotopic (exact) mass is 362 g/mol. The predicted octanol–water partition coefficient (Wildman–Crippen LogP) is -0.0157. The van der Waals surface area contributed by atoms with Gasteiger partial charge in [0.05, 0.1) is 6.61 Å². The summed E-state index contributed by atoms with van der Waals surface area (Å²) in [7, 11) is 0. The summed E-state index contributed by atoms with van der Waals surface area (Å²) in [6.07, 6.45) is 0. The topological polar surface area (TPSA) is 146 Å². The van der Waals surface area contributed by atoms with Crippen LogP contribution in [0.25, 0.3) is 0 Å². The van der Waals surface area contributed by atoms with E-state index < -0.39 is 11.8 Å². The van der Waals surface area contributed by atoms with Crippen LogP contribution < -0.4 is 16.9 Å². The zero-order chi connectivity index (χ0) is 18.9. The van der Waals surface area contributed by atoms with Crippen molar-refractivity contribution in [2.45, 2.75) is 13.2 Å². The molecule has 0 saturated heterocycles. The molecule has 10 heteroatoms. The lowest BCUT2D eigenvalue weighted by Gasteiger charge is -2.21. The van der Waals surface area contributed by atoms with Crippen LogP contribution in [0, 0.1) is 0 Å². The number of nitrogens with zero attached hydrogens (tertiary/aromatic N) is 1. The first kappa shape index (κ1) is 19.1. The molecule has 0 bridgehead atoms. The largest absolute Gasteiger partial charge is 0.508 e. The van der Waals surface area contributed by atoms with E-state index in [2.05, 4.69) is 5.59 Å². The average Bonchev–Trinajstić information content (AvgIpc) is 2.65. The highest BCUT2D eigenvalue weighted by Crippen LogP contribution is 2.17. The van der Waals surface area contributed by atoms with Gasteiger partial charge in [0.1, 0.15) is 18.1 Å². The maximum absolute atomic E-state index is 11.9. The fraction of sp³-hybridized carbons (Fsp3) is 0.125. The molecule has 0 aliphatic rings. The quantitative estimate of drug-likeness (QED) is 0.200. The Labute approximate surface area is 148 Å². The standard InChI is InChI=1S/C16H18N4O6/c17-18-15(23)16(24)20(26-10-12-6-2-4-8-14(12)22)19-25-9-11-5-1-3-7-13(11)21/h1-8,19,21-22H,9-10,17H2,(H,18,23). The van der Waals surface area contributed by atoms with E-state index in [0.29, 0.717) is 16.3 Å². The third-order valence-corrected chi connectivity index (χ3v) is 3.22. The minimum Gasteiger partial charge on any atom is -0.508 e. The fourth-order valence-electron chi connectivity index (χ4n) is 1.85. The number of benzene rings is 2. The van der Waals surface area contributed by atoms with Gasteiger partial charge in [0.15, 0.2) is 0 Å². The summed E-state index contributed by atoms with van der Waals surface area (Å²) in [5.74, 6) is 2.56. The molecule has 0 heterocycles. The number of carbonyl (C=O) groups is 2. The van der Waals surface area contributed by atoms with Gasteiger partial charge in [-0.2, -0.15) is 0 Å². The molecule has 0 saturated carbocycles. The molecule has 0 aliphatic carbocycles. The van der Waals surface area contributed by atoms with Crippen molar-refractivity contribution < 1.29 is 29.5 Å². The van der Waals surface area contributed by atoms with Gasteiger partial charge in [-0.1, -0.05) is 42.0 Å². The van der Waals surface area contributed by atoms with Crippen LogP contribution >= 0.6 is 0 Å². The second-order valence-corrected chi connectivity index (χ2v) is 4.98. The smallest absolute Gasteiger partial charge is 0.353 e. The number of hydroxylamine groups is 1. The first-order valence-electron chi connectivity index (χ1n) is 7.42. The molecule has 0 atom stereocenters. The Morgan fingerprint density at radius 2 is 1.50 bits per heavy atom. The lowest BCUT2D eigenvalue weighted by molar-refractivity contribution is -0.267. The highest BCUT2D eigenvalue weighted by molar-refractivity contribution is 6.34. The molecule has 2 aromatic rings. The molecule has 26 heavy (non-hydrogen) atoms. The van der Waals surface area contributed by atoms with Crippen molar-refractivity contribution >= 4 is 11.8 Å². The minimum atomic E-state index is -1.18. The molecule has 2 amide bonds. The lowest BCUT2D eigenvalue weighted by Crippen LogP contribution is -2.50. The second kappa shape index (κ2) is 9.34. The highest BCUT2D eigenvalue weighted by Gasteiger charge is 2.23. The number of hydrazine groups is 2. The van der Waals surface area contributed by atoms with Crippen molar-refractivity contribution in [3.63, 3.8) is 0 Å². The van der Waals surface area contributed by atoms with Crippen LogP contribution in [0.5, 0.6) is 11.5 Å². The van der Waals surface area contributed by atoms with Crippen LogP contribution in [0.3, 0.4) is 0 Å². The highest BCUT2D eigenvalue weighted by atomic mass is 16.8. The molecule has 0 unspecified atom stereocenters. The molecule has 10 nitrogen and oxygen atoms in total. The SMILES string of the molecule is NNC(=O)C(=O)N(NOCc1ccccc1O)OCc1ccccc1O. The molecule has 0 radical (unpaired) electrons. The number of rotatable bonds is 7. The van der Waals surface area contributed by atoms with E-state index in [-0.39, 0.29) is 24.7 Å². The fourth-order valence-corrected chi connectivity index (χ4v) is 1.85. The summed E-state index contributed by atoms with van der Waals surface area (Å²) >= 11 is 0. The third-order valence-electron chi connectivity index (χ3n) is 3.22. The Morgan fingerprint density at radius 1 is 0.962 bits per heavy atom. The number of nitrogens with two attached hydrogens (primary N) is 1. The Balaban J connectivity index is 1.99. The lowest BCUT2D eigenvalue weighted by atomic mass is 10.2. The number of phenolic OH excluding ortho intramolecular Hbond substituents is 2. The Kier molecular flexibility index (Phi) is 6.88. The molecule has 0 fully saturated rings. The first-order valence-corrected chi connectivity index (χ1v) is 7.42. The van der Waals surface area contributed by atoms with Gasteiger partial charge in [-0.15, -0.1) is 5.17 Å². The molecular formula is C16H18N4O6. The summed E-state index contributed by atoms with van der Waals surface area (Å²) < 4.78 is 0. The normalized spacial score (nSPS) is 10.3. The van der Waals surface area contributed by atoms with E-state index in [4.69, 9.17) is 15.5 Å². The van der Waals surface area contributed by atoms with Gasteiger partial charge in [-0.05, 0) is 12.1 Å². The number of amides is 2. The first-order chi connectivity index (χ1) is 12.5. The van der Waals surface area contributed by atoms with Crippen molar-refractivity contribution in [2.24, 2.45) is 5.84 Å². The summed E-state index contributed by atoms with van der Waals surface area (Å²) in [4.78, 5) is 33.6. The van der Waals surface area contributed by atoms with Crippen molar-refractivity contribution in [1.82, 2.24) is 16.2 Å². The Morgan fingerprint density at radius 3 is 2.04 bits per heavy atom. The third kappa shape index (κ3) is 5.16. The van der Waals surface area contributed by atoms with E-state index in [1.807, 2.05) is 0 Å². The molecule has 2 aromatic carbocycles. The number of aromatic hydroxyl groups is 2. The molecule has 138 valence electrons. The average molecular weight is 362 g/mol. The molecule has 6 N–H and O–H groups in total. The van der Waals surface area contributed by atoms with Crippen LogP contribution in [-0.4, -0.2) is 27.2 Å². The van der Waals surface area contributed by atoms with E-state index in [9.17, 15) is 19.8 Å². The number of para-hydroxylation sites is 2. The van der Waals surface area contributed by atoms with Crippen LogP contribution in [0.1, 0.15) is 11.1 Å². The number of hydrogen-bond acceptors (Lipinski definition) is 8. The summed E-state index contributed by atoms with van der Waals surface area (Å²) in [5, 5.41) is 19.8. The maximum Gasteiger partial charge on any atom is 0.353 e. The van der Waals surface area contributed by atoms with Crippen LogP contribution in [-0.2, 0) is 32.5 Å². The van der Waals surface area contributed by atoms with Gasteiger partial charge < -0.3 is 10.2 Å². The summed E-state index contributed by atoms with van der Waals surface area (Å²) in [6.45, 7) is -0.357. The number of carbonyl (C=O) groups excluding carboxylic acids is 2. The molecular weight excluding hydrogens is 344 g/mol. The van der Waals surface area contributed by atoms with E-state index in [1.54, 1.807) is 41.8 Å². The zero-order valence-corrected chi connectivity index (χ0v) is 13.6. The summed E-state index contributed by atoms with van der Waals surface area (Å²) in [5.41, 5.74) is 4.65. The van der Waals surface area contributed by atoms with Crippen LogP contribution in [0.15, 0.2) is 48.5 Å². The van der Waals surface area contributed by atoms with Gasteiger partial charge in [-0.3, -0.25) is 19.9 Å². The van der Waals surface area contributed by atoms with Crippen molar-refractivity contribution in [1.29, 1.82) is 0 Å². The van der Waals surface area contributed by atoms with Gasteiger partial charge in [-0.25, -0.2) is 10.7 Å². The maximum atomic E-state index is 11.9. The van der Waals surface area contributed by atoms with Crippen molar-refractivity contribution in [3.8, 4) is 11.5 Å². The van der Waals surface area contributed by atoms with Gasteiger partial charge in [0.2, 0.25) is 0 Å². The van der Waals surface area contributed by atoms with E-state index in [0.717, 1.165) is 0 Å². The summed E-state index contributed by atoms with van der Waals surface area (Å²) in [6, 6.07) is 12.7. The Bertz CT molecular complexity index is 770. The Hall–Kier alpha value is -3.18. The van der Waals surface area contributed by atoms with Crippen LogP contribution in [0.2, 0.25) is 0 Å². The van der Waals surface area contributed by atoms with Gasteiger partial charge in [0, 0.05) is 11.1 Å². The molecule has 0 aliphatic heterocycles. The molecule has 0 spiro atoms. The van der Waals surface area contributed by atoms with Gasteiger partial charge in [0.25, 0.3) is 0 Å². The number of nitrogens with one attached hydrogen (secondary N) is 2. The van der Waals surface area contributed by atoms with E-state index >= 15 is 0 Å². The number of phenols is 2. The molecule has 2 rings (SSSR count). The van der Waals surface area contributed by atoms with Gasteiger partial charge >= 0.3 is 11.8 Å². The molecule has 0 aromatic heterocycles. The van der Waals surface area contributed by atoms with Crippen molar-refractivity contribution in [3.05, 3.63) is 59.7 Å². The zero-order valence-electron chi connectivity index (χ0n) is 13.6. The second-order valence-electron chi connectivity index (χ2n) is 4.98. The van der Waals surface area contributed by atoms with Crippen LogP contribution in [0.4, 0.5) is 0 Å². The predicted molar refractivity (Wildman–Crippen MR) is 88.1 cm³/mol.